The van der Waals surface area contributed by atoms with Gasteiger partial charge < -0.3 is 9.32 Å². The van der Waals surface area contributed by atoms with Crippen LogP contribution < -0.4 is 4.90 Å². The first kappa shape index (κ1) is 32.0. The highest BCUT2D eigenvalue weighted by molar-refractivity contribution is 6.17. The van der Waals surface area contributed by atoms with Crippen molar-refractivity contribution in [2.75, 3.05) is 4.90 Å². The average molecular weight is 715 g/mol. The summed E-state index contributed by atoms with van der Waals surface area (Å²) in [5.41, 5.74) is 10.1. The summed E-state index contributed by atoms with van der Waals surface area (Å²) in [5.74, 6) is 0.613. The van der Waals surface area contributed by atoms with Crippen molar-refractivity contribution in [1.29, 1.82) is 0 Å². The van der Waals surface area contributed by atoms with Crippen molar-refractivity contribution in [2.24, 2.45) is 0 Å². The van der Waals surface area contributed by atoms with E-state index >= 15 is 0 Å². The number of hydrogen-bond donors (Lipinski definition) is 0. The van der Waals surface area contributed by atoms with Gasteiger partial charge in [-0.25, -0.2) is 4.98 Å². The largest absolute Gasteiger partial charge is 0.435 e. The lowest BCUT2D eigenvalue weighted by molar-refractivity contribution is 0.621. The molecule has 10 aromatic carbocycles. The third-order valence-electron chi connectivity index (χ3n) is 11.1. The van der Waals surface area contributed by atoms with Gasteiger partial charge in [-0.3, -0.25) is 0 Å². The monoisotopic (exact) mass is 714 g/mol. The van der Waals surface area contributed by atoms with E-state index in [0.717, 1.165) is 56.0 Å². The fraction of sp³-hybridized carbons (Fsp3) is 0. The molecular weight excluding hydrogens is 681 g/mol. The van der Waals surface area contributed by atoms with Crippen molar-refractivity contribution in [3.8, 4) is 33.7 Å². The molecule has 0 bridgehead atoms. The molecule has 0 N–H and O–H groups in total. The van der Waals surface area contributed by atoms with Gasteiger partial charge in [-0.2, -0.15) is 0 Å². The molecule has 11 aromatic rings. The van der Waals surface area contributed by atoms with Crippen LogP contribution in [0.15, 0.2) is 211 Å². The van der Waals surface area contributed by atoms with E-state index < -0.39 is 0 Å². The van der Waals surface area contributed by atoms with Crippen molar-refractivity contribution in [3.63, 3.8) is 0 Å². The Morgan fingerprint density at radius 3 is 1.62 bits per heavy atom. The molecule has 56 heavy (non-hydrogen) atoms. The van der Waals surface area contributed by atoms with Crippen LogP contribution in [-0.4, -0.2) is 4.98 Å². The van der Waals surface area contributed by atoms with Crippen LogP contribution in [0.2, 0.25) is 0 Å². The quantitative estimate of drug-likeness (QED) is 0.161. The molecule has 0 fully saturated rings. The maximum Gasteiger partial charge on any atom is 0.227 e. The summed E-state index contributed by atoms with van der Waals surface area (Å²) >= 11 is 0. The van der Waals surface area contributed by atoms with Crippen LogP contribution >= 0.6 is 0 Å². The molecule has 1 aromatic heterocycles. The predicted octanol–water partition coefficient (Wildman–Crippen LogP) is 14.9. The van der Waals surface area contributed by atoms with Gasteiger partial charge in [0, 0.05) is 33.8 Å². The van der Waals surface area contributed by atoms with Crippen LogP contribution in [-0.2, 0) is 0 Å². The molecule has 0 radical (unpaired) electrons. The molecule has 3 nitrogen and oxygen atoms in total. The highest BCUT2D eigenvalue weighted by Crippen LogP contribution is 2.42. The Morgan fingerprint density at radius 2 is 0.857 bits per heavy atom. The van der Waals surface area contributed by atoms with Crippen LogP contribution in [0.5, 0.6) is 0 Å². The Hall–Kier alpha value is -7.49. The molecule has 0 saturated carbocycles. The Bertz CT molecular complexity index is 3240. The molecule has 0 aliphatic carbocycles. The molecule has 0 aliphatic heterocycles. The van der Waals surface area contributed by atoms with Gasteiger partial charge in [0.2, 0.25) is 5.89 Å². The second kappa shape index (κ2) is 13.1. The molecule has 0 unspecified atom stereocenters. The molecule has 11 rings (SSSR count). The maximum absolute atomic E-state index is 6.63. The summed E-state index contributed by atoms with van der Waals surface area (Å²) < 4.78 is 6.63. The van der Waals surface area contributed by atoms with Crippen LogP contribution in [0.1, 0.15) is 0 Å². The van der Waals surface area contributed by atoms with Crippen molar-refractivity contribution in [1.82, 2.24) is 4.98 Å². The topological polar surface area (TPSA) is 29.3 Å². The number of aromatic nitrogens is 1. The lowest BCUT2D eigenvalue weighted by Crippen LogP contribution is -2.10. The van der Waals surface area contributed by atoms with Gasteiger partial charge in [0.15, 0.2) is 5.58 Å². The second-order valence-electron chi connectivity index (χ2n) is 14.4. The summed E-state index contributed by atoms with van der Waals surface area (Å²) in [6.45, 7) is 0. The zero-order valence-corrected chi connectivity index (χ0v) is 30.4. The fourth-order valence-electron chi connectivity index (χ4n) is 8.30. The normalized spacial score (nSPS) is 11.6. The average Bonchev–Trinajstić information content (AvgIpc) is 3.73. The number of oxazole rings is 1. The van der Waals surface area contributed by atoms with Gasteiger partial charge in [-0.05, 0) is 109 Å². The molecule has 0 aliphatic rings. The van der Waals surface area contributed by atoms with E-state index in [2.05, 4.69) is 175 Å². The highest BCUT2D eigenvalue weighted by atomic mass is 16.3. The van der Waals surface area contributed by atoms with Crippen molar-refractivity contribution in [3.05, 3.63) is 206 Å². The lowest BCUT2D eigenvalue weighted by atomic mass is 9.96. The van der Waals surface area contributed by atoms with Gasteiger partial charge >= 0.3 is 0 Å². The number of hydrogen-bond acceptors (Lipinski definition) is 3. The number of benzene rings is 10. The summed E-state index contributed by atoms with van der Waals surface area (Å²) in [6.07, 6.45) is 0. The zero-order chi connectivity index (χ0) is 37.0. The van der Waals surface area contributed by atoms with E-state index in [0.29, 0.717) is 5.89 Å². The minimum absolute atomic E-state index is 0.613. The Labute approximate surface area is 324 Å². The second-order valence-corrected chi connectivity index (χ2v) is 14.4. The third-order valence-corrected chi connectivity index (χ3v) is 11.1. The van der Waals surface area contributed by atoms with Crippen molar-refractivity contribution in [2.45, 2.75) is 0 Å². The minimum Gasteiger partial charge on any atom is -0.435 e. The first-order valence-corrected chi connectivity index (χ1v) is 19.0. The minimum atomic E-state index is 0.613. The van der Waals surface area contributed by atoms with E-state index in [1.165, 1.54) is 43.1 Å². The predicted molar refractivity (Wildman–Crippen MR) is 235 cm³/mol. The van der Waals surface area contributed by atoms with Crippen molar-refractivity contribution < 1.29 is 4.42 Å². The first-order chi connectivity index (χ1) is 27.7. The van der Waals surface area contributed by atoms with Gasteiger partial charge in [0.05, 0.1) is 0 Å². The fourth-order valence-corrected chi connectivity index (χ4v) is 8.30. The number of rotatable bonds is 6. The summed E-state index contributed by atoms with van der Waals surface area (Å²) in [7, 11) is 0. The van der Waals surface area contributed by atoms with Gasteiger partial charge in [0.1, 0.15) is 5.52 Å². The van der Waals surface area contributed by atoms with Crippen LogP contribution in [0, 0.1) is 0 Å². The van der Waals surface area contributed by atoms with E-state index in [9.17, 15) is 0 Å². The van der Waals surface area contributed by atoms with Gasteiger partial charge in [-0.15, -0.1) is 0 Å². The number of nitrogens with zero attached hydrogens (tertiary/aromatic N) is 2. The SMILES string of the molecule is c1ccc(-c2nc3c(-c4ccccc4)ccc(-c4ccc(N(c5ccc6ccccc6c5)c5ccc6c(ccc7c8ccccc8ccc67)c5)cc4)c3o2)cc1. The molecule has 0 spiro atoms. The van der Waals surface area contributed by atoms with E-state index in [-0.39, 0.29) is 0 Å². The molecule has 3 heteroatoms. The lowest BCUT2D eigenvalue weighted by Gasteiger charge is -2.26. The zero-order valence-electron chi connectivity index (χ0n) is 30.4. The Morgan fingerprint density at radius 1 is 0.339 bits per heavy atom. The third kappa shape index (κ3) is 5.40. The molecule has 262 valence electrons. The molecule has 1 heterocycles. The number of anilines is 3. The molecule has 0 amide bonds. The van der Waals surface area contributed by atoms with Gasteiger partial charge in [-0.1, -0.05) is 152 Å². The molecular formula is C53H34N2O. The van der Waals surface area contributed by atoms with Crippen LogP contribution in [0.4, 0.5) is 17.1 Å². The molecule has 0 saturated heterocycles. The summed E-state index contributed by atoms with van der Waals surface area (Å²) in [6, 6.07) is 73.5. The van der Waals surface area contributed by atoms with Crippen LogP contribution in [0.25, 0.3) is 87.9 Å². The standard InChI is InChI=1S/C53H34N2O/c1-3-12-36(13-4-1)47-31-32-48(52-51(47)54-53(56-52)39-15-5-2-6-16-39)38-20-24-42(25-21-38)55(43-26-19-35-11-7-8-17-40(35)33-43)44-27-30-46-41(34-44)23-29-49-45-18-10-9-14-37(45)22-28-50(46)49/h1-34H. The number of fused-ring (bicyclic) bond motifs is 7. The highest BCUT2D eigenvalue weighted by Gasteiger charge is 2.19. The Kier molecular flexibility index (Phi) is 7.49. The van der Waals surface area contributed by atoms with Gasteiger partial charge in [0.25, 0.3) is 0 Å². The van der Waals surface area contributed by atoms with Crippen molar-refractivity contribution >= 4 is 71.3 Å². The first-order valence-electron chi connectivity index (χ1n) is 19.0. The Balaban J connectivity index is 1.05. The summed E-state index contributed by atoms with van der Waals surface area (Å²) in [4.78, 5) is 7.44. The maximum atomic E-state index is 6.63. The van der Waals surface area contributed by atoms with E-state index in [1.807, 2.05) is 36.4 Å². The summed E-state index contributed by atoms with van der Waals surface area (Å²) in [5, 5.41) is 9.95. The molecule has 0 atom stereocenters. The smallest absolute Gasteiger partial charge is 0.227 e. The van der Waals surface area contributed by atoms with Crippen LogP contribution in [0.3, 0.4) is 0 Å². The van der Waals surface area contributed by atoms with E-state index in [1.54, 1.807) is 0 Å². The van der Waals surface area contributed by atoms with E-state index in [4.69, 9.17) is 9.40 Å².